The molecule has 1 aliphatic rings. The van der Waals surface area contributed by atoms with Gasteiger partial charge in [-0.15, -0.1) is 15.1 Å². The third-order valence-electron chi connectivity index (χ3n) is 1.81. The summed E-state index contributed by atoms with van der Waals surface area (Å²) in [6.45, 7) is 0. The van der Waals surface area contributed by atoms with Crippen molar-refractivity contribution in [3.05, 3.63) is 46.5 Å². The summed E-state index contributed by atoms with van der Waals surface area (Å²) in [4.78, 5) is 21.3. The second kappa shape index (κ2) is 3.29. The fraction of sp³-hybridized carbons (Fsp3) is 0. The van der Waals surface area contributed by atoms with Gasteiger partial charge in [0.2, 0.25) is 5.70 Å². The SMILES string of the molecule is O=NC1=C(c2ccccc2)N=NC1=O. The minimum absolute atomic E-state index is 0.226. The number of hydrogen-bond donors (Lipinski definition) is 0. The molecule has 5 nitrogen and oxygen atoms in total. The van der Waals surface area contributed by atoms with E-state index in [-0.39, 0.29) is 11.4 Å². The number of nitroso groups, excluding NO2 is 1. The molecule has 1 aromatic rings. The van der Waals surface area contributed by atoms with Gasteiger partial charge in [-0.05, 0) is 5.18 Å². The number of nitrogens with zero attached hydrogens (tertiary/aromatic N) is 3. The standard InChI is InChI=1S/C9H5N3O2/c13-9-8(12-14)7(10-11-9)6-4-2-1-3-5-6/h1-5H. The summed E-state index contributed by atoms with van der Waals surface area (Å²) in [5.41, 5.74) is 0.679. The Balaban J connectivity index is 2.54. The van der Waals surface area contributed by atoms with Crippen molar-refractivity contribution in [2.75, 3.05) is 0 Å². The van der Waals surface area contributed by atoms with E-state index in [4.69, 9.17) is 0 Å². The van der Waals surface area contributed by atoms with Gasteiger partial charge in [-0.2, -0.15) is 0 Å². The molecule has 0 bridgehead atoms. The molecule has 0 spiro atoms. The average molecular weight is 187 g/mol. The second-order valence-corrected chi connectivity index (χ2v) is 2.66. The fourth-order valence-electron chi connectivity index (χ4n) is 1.16. The van der Waals surface area contributed by atoms with Gasteiger partial charge in [0.25, 0.3) is 0 Å². The van der Waals surface area contributed by atoms with E-state index in [0.29, 0.717) is 5.56 Å². The van der Waals surface area contributed by atoms with Crippen LogP contribution in [0.4, 0.5) is 0 Å². The van der Waals surface area contributed by atoms with Gasteiger partial charge in [0.1, 0.15) is 5.70 Å². The molecule has 1 aliphatic heterocycles. The molecule has 68 valence electrons. The van der Waals surface area contributed by atoms with Crippen molar-refractivity contribution in [2.24, 2.45) is 15.4 Å². The highest BCUT2D eigenvalue weighted by molar-refractivity contribution is 6.03. The Hall–Kier alpha value is -2.17. The lowest BCUT2D eigenvalue weighted by Crippen LogP contribution is -1.91. The predicted molar refractivity (Wildman–Crippen MR) is 49.0 cm³/mol. The van der Waals surface area contributed by atoms with Gasteiger partial charge in [0.15, 0.2) is 0 Å². The van der Waals surface area contributed by atoms with Gasteiger partial charge < -0.3 is 0 Å². The normalized spacial score (nSPS) is 15.0. The largest absolute Gasteiger partial charge is 0.319 e. The zero-order valence-corrected chi connectivity index (χ0v) is 7.04. The number of azo groups is 1. The van der Waals surface area contributed by atoms with E-state index >= 15 is 0 Å². The monoisotopic (exact) mass is 187 g/mol. The summed E-state index contributed by atoms with van der Waals surface area (Å²) >= 11 is 0. The van der Waals surface area contributed by atoms with Crippen LogP contribution < -0.4 is 0 Å². The predicted octanol–water partition coefficient (Wildman–Crippen LogP) is 2.11. The summed E-state index contributed by atoms with van der Waals surface area (Å²) in [7, 11) is 0. The lowest BCUT2D eigenvalue weighted by atomic mass is 10.1. The maximum Gasteiger partial charge on any atom is 0.319 e. The second-order valence-electron chi connectivity index (χ2n) is 2.66. The van der Waals surface area contributed by atoms with Crippen molar-refractivity contribution in [2.45, 2.75) is 0 Å². The molecule has 0 fully saturated rings. The highest BCUT2D eigenvalue weighted by atomic mass is 16.3. The number of hydrogen-bond acceptors (Lipinski definition) is 4. The molecule has 2 rings (SSSR count). The number of benzene rings is 1. The van der Waals surface area contributed by atoms with Crippen LogP contribution in [-0.2, 0) is 4.79 Å². The van der Waals surface area contributed by atoms with Crippen molar-refractivity contribution < 1.29 is 4.79 Å². The van der Waals surface area contributed by atoms with Crippen LogP contribution in [0.5, 0.6) is 0 Å². The van der Waals surface area contributed by atoms with E-state index in [2.05, 4.69) is 15.4 Å². The molecule has 14 heavy (non-hydrogen) atoms. The molecule has 1 amide bonds. The van der Waals surface area contributed by atoms with Crippen LogP contribution in [0.2, 0.25) is 0 Å². The molecule has 0 N–H and O–H groups in total. The molecule has 0 aliphatic carbocycles. The first-order chi connectivity index (χ1) is 6.83. The average Bonchev–Trinajstić information content (AvgIpc) is 2.61. The Bertz CT molecular complexity index is 448. The van der Waals surface area contributed by atoms with Crippen LogP contribution in [0.15, 0.2) is 51.4 Å². The first kappa shape index (κ1) is 8.43. The van der Waals surface area contributed by atoms with Gasteiger partial charge in [-0.25, -0.2) is 0 Å². The van der Waals surface area contributed by atoms with Gasteiger partial charge in [0.05, 0.1) is 0 Å². The van der Waals surface area contributed by atoms with Crippen LogP contribution in [0.25, 0.3) is 5.70 Å². The number of amides is 1. The molecule has 1 heterocycles. The molecule has 0 saturated carbocycles. The van der Waals surface area contributed by atoms with E-state index in [0.717, 1.165) is 0 Å². The maximum absolute atomic E-state index is 11.0. The smallest absolute Gasteiger partial charge is 0.263 e. The summed E-state index contributed by atoms with van der Waals surface area (Å²) in [5.74, 6) is -0.682. The summed E-state index contributed by atoms with van der Waals surface area (Å²) in [6, 6.07) is 8.86. The summed E-state index contributed by atoms with van der Waals surface area (Å²) in [6.07, 6.45) is 0. The quantitative estimate of drug-likeness (QED) is 0.665. The van der Waals surface area contributed by atoms with E-state index < -0.39 is 5.91 Å². The topological polar surface area (TPSA) is 71.2 Å². The third kappa shape index (κ3) is 1.24. The van der Waals surface area contributed by atoms with E-state index in [9.17, 15) is 9.70 Å². The molecule has 0 radical (unpaired) electrons. The van der Waals surface area contributed by atoms with Gasteiger partial charge in [-0.1, -0.05) is 30.3 Å². The van der Waals surface area contributed by atoms with Crippen molar-refractivity contribution in [3.63, 3.8) is 0 Å². The first-order valence-corrected chi connectivity index (χ1v) is 3.92. The zero-order valence-electron chi connectivity index (χ0n) is 7.04. The molecule has 0 unspecified atom stereocenters. The van der Waals surface area contributed by atoms with Crippen LogP contribution in [0.3, 0.4) is 0 Å². The Kier molecular flexibility index (Phi) is 1.98. The Morgan fingerprint density at radius 3 is 2.43 bits per heavy atom. The first-order valence-electron chi connectivity index (χ1n) is 3.92. The number of rotatable bonds is 2. The minimum Gasteiger partial charge on any atom is -0.263 e. The lowest BCUT2D eigenvalue weighted by molar-refractivity contribution is -0.114. The summed E-state index contributed by atoms with van der Waals surface area (Å²) in [5, 5.41) is 9.48. The minimum atomic E-state index is -0.682. The summed E-state index contributed by atoms with van der Waals surface area (Å²) < 4.78 is 0. The van der Waals surface area contributed by atoms with Crippen molar-refractivity contribution in [1.29, 1.82) is 0 Å². The molecule has 1 aromatic carbocycles. The molecule has 5 heteroatoms. The van der Waals surface area contributed by atoms with E-state index in [1.165, 1.54) is 0 Å². The van der Waals surface area contributed by atoms with E-state index in [1.807, 2.05) is 6.07 Å². The highest BCUT2D eigenvalue weighted by Crippen LogP contribution is 2.26. The van der Waals surface area contributed by atoms with Crippen LogP contribution >= 0.6 is 0 Å². The molecular formula is C9H5N3O2. The Morgan fingerprint density at radius 2 is 1.79 bits per heavy atom. The zero-order chi connectivity index (χ0) is 9.97. The van der Waals surface area contributed by atoms with Crippen molar-refractivity contribution >= 4 is 11.6 Å². The van der Waals surface area contributed by atoms with Crippen LogP contribution in [-0.4, -0.2) is 5.91 Å². The molecule has 0 saturated heterocycles. The van der Waals surface area contributed by atoms with Gasteiger partial charge >= 0.3 is 5.91 Å². The number of carbonyl (C=O) groups is 1. The number of carbonyl (C=O) groups excluding carboxylic acids is 1. The van der Waals surface area contributed by atoms with Crippen LogP contribution in [0.1, 0.15) is 5.56 Å². The van der Waals surface area contributed by atoms with Gasteiger partial charge in [0, 0.05) is 5.56 Å². The third-order valence-corrected chi connectivity index (χ3v) is 1.81. The van der Waals surface area contributed by atoms with Crippen LogP contribution in [0, 0.1) is 4.91 Å². The van der Waals surface area contributed by atoms with E-state index in [1.54, 1.807) is 24.3 Å². The van der Waals surface area contributed by atoms with Crippen molar-refractivity contribution in [3.8, 4) is 0 Å². The molecule has 0 aromatic heterocycles. The molecule has 0 atom stereocenters. The Morgan fingerprint density at radius 1 is 1.07 bits per heavy atom. The highest BCUT2D eigenvalue weighted by Gasteiger charge is 2.23. The maximum atomic E-state index is 11.0. The Labute approximate surface area is 79.1 Å². The lowest BCUT2D eigenvalue weighted by Gasteiger charge is -1.95. The van der Waals surface area contributed by atoms with Gasteiger partial charge in [-0.3, -0.25) is 4.79 Å². The fourth-order valence-corrected chi connectivity index (χ4v) is 1.16. The molecular weight excluding hydrogens is 182 g/mol. The van der Waals surface area contributed by atoms with Crippen molar-refractivity contribution in [1.82, 2.24) is 0 Å².